The van der Waals surface area contributed by atoms with Crippen molar-refractivity contribution < 1.29 is 0 Å². The Morgan fingerprint density at radius 3 is 2.76 bits per heavy atom. The van der Waals surface area contributed by atoms with Gasteiger partial charge in [0.25, 0.3) is 0 Å². The number of nitrogen functional groups attached to an aromatic ring is 1. The van der Waals surface area contributed by atoms with Gasteiger partial charge in [-0.05, 0) is 30.3 Å². The van der Waals surface area contributed by atoms with Gasteiger partial charge in [0.15, 0.2) is 0 Å². The minimum Gasteiger partial charge on any atom is -0.399 e. The van der Waals surface area contributed by atoms with Crippen molar-refractivity contribution in [1.82, 2.24) is 9.97 Å². The molecule has 0 fully saturated rings. The zero-order valence-electron chi connectivity index (χ0n) is 11.5. The number of nitrogens with zero attached hydrogens (tertiary/aromatic N) is 3. The summed E-state index contributed by atoms with van der Waals surface area (Å²) in [4.78, 5) is 9.86. The Kier molecular flexibility index (Phi) is 3.44. The molecule has 0 aliphatic heterocycles. The first-order chi connectivity index (χ1) is 10.3. The number of aromatic amines is 1. The van der Waals surface area contributed by atoms with E-state index in [1.807, 2.05) is 53.4 Å². The van der Waals surface area contributed by atoms with Gasteiger partial charge in [0.2, 0.25) is 5.95 Å². The average molecular weight is 277 g/mol. The molecule has 0 bridgehead atoms. The predicted octanol–water partition coefficient (Wildman–Crippen LogP) is 3.20. The van der Waals surface area contributed by atoms with Crippen LogP contribution in [-0.2, 0) is 0 Å². The van der Waals surface area contributed by atoms with Crippen molar-refractivity contribution in [1.29, 1.82) is 5.26 Å². The van der Waals surface area contributed by atoms with E-state index in [1.165, 1.54) is 0 Å². The molecule has 0 radical (unpaired) electrons. The highest BCUT2D eigenvalue weighted by atomic mass is 15.3. The van der Waals surface area contributed by atoms with Crippen LogP contribution in [0.3, 0.4) is 0 Å². The lowest BCUT2D eigenvalue weighted by molar-refractivity contribution is 0.916. The van der Waals surface area contributed by atoms with Gasteiger partial charge in [0.1, 0.15) is 0 Å². The number of para-hydroxylation sites is 1. The molecule has 5 heteroatoms. The maximum Gasteiger partial charge on any atom is 0.208 e. The minimum atomic E-state index is 0.425. The molecule has 1 heterocycles. The first-order valence-corrected chi connectivity index (χ1v) is 6.73. The van der Waals surface area contributed by atoms with Gasteiger partial charge in [0.05, 0.1) is 23.5 Å². The number of nitrogens with one attached hydrogen (secondary N) is 1. The highest BCUT2D eigenvalue weighted by Crippen LogP contribution is 2.26. The maximum absolute atomic E-state index is 8.86. The summed E-state index contributed by atoms with van der Waals surface area (Å²) in [5.41, 5.74) is 9.24. The van der Waals surface area contributed by atoms with Gasteiger partial charge >= 0.3 is 0 Å². The molecule has 3 N–H and O–H groups in total. The van der Waals surface area contributed by atoms with E-state index >= 15 is 0 Å². The van der Waals surface area contributed by atoms with Crippen LogP contribution in [0.25, 0.3) is 11.0 Å². The molecule has 0 atom stereocenters. The normalized spacial score (nSPS) is 10.4. The number of nitrogens with two attached hydrogens (primary N) is 1. The second kappa shape index (κ2) is 5.55. The summed E-state index contributed by atoms with van der Waals surface area (Å²) in [7, 11) is 0. The fraction of sp³-hybridized carbons (Fsp3) is 0.125. The lowest BCUT2D eigenvalue weighted by Gasteiger charge is -2.20. The highest BCUT2D eigenvalue weighted by Gasteiger charge is 2.13. The third-order valence-electron chi connectivity index (χ3n) is 3.26. The van der Waals surface area contributed by atoms with Crippen molar-refractivity contribution in [2.75, 3.05) is 17.2 Å². The average Bonchev–Trinajstić information content (AvgIpc) is 2.91. The molecule has 0 amide bonds. The Balaban J connectivity index is 2.03. The molecule has 104 valence electrons. The molecule has 0 spiro atoms. The standard InChI is InChI=1S/C16H15N5/c17-9-4-10-21(13-5-2-1-3-6-13)16-19-14-8-7-12(18)11-15(14)20-16/h1-3,5-8,11H,4,10,18H2,(H,19,20). The molecule has 0 saturated carbocycles. The number of aromatic nitrogens is 2. The van der Waals surface area contributed by atoms with E-state index in [1.54, 1.807) is 0 Å². The van der Waals surface area contributed by atoms with Crippen molar-refractivity contribution >= 4 is 28.4 Å². The summed E-state index contributed by atoms with van der Waals surface area (Å²) >= 11 is 0. The molecule has 0 saturated heterocycles. The van der Waals surface area contributed by atoms with Gasteiger partial charge in [-0.15, -0.1) is 0 Å². The molecule has 21 heavy (non-hydrogen) atoms. The van der Waals surface area contributed by atoms with Crippen molar-refractivity contribution in [2.45, 2.75) is 6.42 Å². The molecule has 0 aliphatic carbocycles. The molecule has 1 aromatic heterocycles. The maximum atomic E-state index is 8.86. The zero-order valence-corrected chi connectivity index (χ0v) is 11.5. The Hall–Kier alpha value is -3.00. The van der Waals surface area contributed by atoms with Crippen LogP contribution in [0.2, 0.25) is 0 Å². The SMILES string of the molecule is N#CCCN(c1ccccc1)c1nc2ccc(N)cc2[nH]1. The second-order valence-corrected chi connectivity index (χ2v) is 4.73. The van der Waals surface area contributed by atoms with E-state index in [4.69, 9.17) is 11.0 Å². The first kappa shape index (κ1) is 13.0. The number of anilines is 3. The van der Waals surface area contributed by atoms with Crippen molar-refractivity contribution in [3.8, 4) is 6.07 Å². The van der Waals surface area contributed by atoms with E-state index in [0.29, 0.717) is 18.7 Å². The molecule has 5 nitrogen and oxygen atoms in total. The Morgan fingerprint density at radius 2 is 2.00 bits per heavy atom. The smallest absolute Gasteiger partial charge is 0.208 e. The number of hydrogen-bond donors (Lipinski definition) is 2. The fourth-order valence-electron chi connectivity index (χ4n) is 2.27. The summed E-state index contributed by atoms with van der Waals surface area (Å²) in [6.45, 7) is 0.579. The quantitative estimate of drug-likeness (QED) is 0.717. The van der Waals surface area contributed by atoms with Gasteiger partial charge < -0.3 is 15.6 Å². The third-order valence-corrected chi connectivity index (χ3v) is 3.26. The monoisotopic (exact) mass is 277 g/mol. The molecule has 0 aliphatic rings. The number of imidazole rings is 1. The highest BCUT2D eigenvalue weighted by molar-refractivity contribution is 5.81. The molecular formula is C16H15N5. The zero-order chi connectivity index (χ0) is 14.7. The fourth-order valence-corrected chi connectivity index (χ4v) is 2.27. The molecule has 0 unspecified atom stereocenters. The first-order valence-electron chi connectivity index (χ1n) is 6.73. The molecule has 3 rings (SSSR count). The Bertz CT molecular complexity index is 785. The Labute approximate surface area is 122 Å². The predicted molar refractivity (Wildman–Crippen MR) is 84.2 cm³/mol. The number of fused-ring (bicyclic) bond motifs is 1. The van der Waals surface area contributed by atoms with E-state index in [2.05, 4.69) is 16.0 Å². The van der Waals surface area contributed by atoms with Gasteiger partial charge in [0, 0.05) is 17.9 Å². The van der Waals surface area contributed by atoms with E-state index in [9.17, 15) is 0 Å². The van der Waals surface area contributed by atoms with Crippen LogP contribution in [0.15, 0.2) is 48.5 Å². The largest absolute Gasteiger partial charge is 0.399 e. The topological polar surface area (TPSA) is 81.7 Å². The van der Waals surface area contributed by atoms with Crippen molar-refractivity contribution in [3.63, 3.8) is 0 Å². The third kappa shape index (κ3) is 2.65. The van der Waals surface area contributed by atoms with Gasteiger partial charge in [-0.3, -0.25) is 0 Å². The molecule has 2 aromatic carbocycles. The number of rotatable bonds is 4. The van der Waals surface area contributed by atoms with Crippen LogP contribution >= 0.6 is 0 Å². The summed E-state index contributed by atoms with van der Waals surface area (Å²) in [6, 6.07) is 17.6. The Morgan fingerprint density at radius 1 is 1.19 bits per heavy atom. The van der Waals surface area contributed by atoms with E-state index in [-0.39, 0.29) is 0 Å². The lowest BCUT2D eigenvalue weighted by Crippen LogP contribution is -2.19. The van der Waals surface area contributed by atoms with E-state index in [0.717, 1.165) is 22.7 Å². The summed E-state index contributed by atoms with van der Waals surface area (Å²) in [6.07, 6.45) is 0.425. The van der Waals surface area contributed by atoms with Crippen molar-refractivity contribution in [2.24, 2.45) is 0 Å². The summed E-state index contributed by atoms with van der Waals surface area (Å²) in [5.74, 6) is 0.719. The number of benzene rings is 2. The summed E-state index contributed by atoms with van der Waals surface area (Å²) in [5, 5.41) is 8.86. The van der Waals surface area contributed by atoms with Crippen LogP contribution < -0.4 is 10.6 Å². The number of nitriles is 1. The van der Waals surface area contributed by atoms with Gasteiger partial charge in [-0.2, -0.15) is 5.26 Å². The van der Waals surface area contributed by atoms with Crippen LogP contribution in [0, 0.1) is 11.3 Å². The summed E-state index contributed by atoms with van der Waals surface area (Å²) < 4.78 is 0. The van der Waals surface area contributed by atoms with Crippen molar-refractivity contribution in [3.05, 3.63) is 48.5 Å². The number of H-pyrrole nitrogens is 1. The molecule has 3 aromatic rings. The van der Waals surface area contributed by atoms with Gasteiger partial charge in [-0.25, -0.2) is 4.98 Å². The van der Waals surface area contributed by atoms with Gasteiger partial charge in [-0.1, -0.05) is 18.2 Å². The minimum absolute atomic E-state index is 0.425. The molecular weight excluding hydrogens is 262 g/mol. The van der Waals surface area contributed by atoms with Crippen LogP contribution in [0.4, 0.5) is 17.3 Å². The van der Waals surface area contributed by atoms with E-state index < -0.39 is 0 Å². The van der Waals surface area contributed by atoms with Crippen LogP contribution in [0.5, 0.6) is 0 Å². The number of hydrogen-bond acceptors (Lipinski definition) is 4. The second-order valence-electron chi connectivity index (χ2n) is 4.73. The van der Waals surface area contributed by atoms with Crippen LogP contribution in [0.1, 0.15) is 6.42 Å². The van der Waals surface area contributed by atoms with Crippen LogP contribution in [-0.4, -0.2) is 16.5 Å². The lowest BCUT2D eigenvalue weighted by atomic mass is 10.3.